The fraction of sp³-hybridized carbons (Fsp3) is 0.300. The molecule has 1 saturated carbocycles. The molecule has 0 atom stereocenters. The van der Waals surface area contributed by atoms with E-state index >= 15 is 0 Å². The summed E-state index contributed by atoms with van der Waals surface area (Å²) < 4.78 is 5.08. The van der Waals surface area contributed by atoms with Gasteiger partial charge in [0.15, 0.2) is 0 Å². The normalized spacial score (nSPS) is 15.7. The van der Waals surface area contributed by atoms with Gasteiger partial charge in [-0.1, -0.05) is 12.1 Å². The van der Waals surface area contributed by atoms with Crippen LogP contribution in [0.5, 0.6) is 5.75 Å². The summed E-state index contributed by atoms with van der Waals surface area (Å²) in [5.74, 6) is 0.682. The van der Waals surface area contributed by atoms with E-state index in [4.69, 9.17) is 4.74 Å². The number of carbonyl (C=O) groups excluding carboxylic acids is 1. The molecule has 0 N–H and O–H groups in total. The molecule has 1 aliphatic rings. The van der Waals surface area contributed by atoms with Crippen LogP contribution >= 0.6 is 0 Å². The number of benzene rings is 1. The predicted octanol–water partition coefficient (Wildman–Crippen LogP) is 1.80. The van der Waals surface area contributed by atoms with Gasteiger partial charge in [-0.3, -0.25) is 4.79 Å². The third-order valence-corrected chi connectivity index (χ3v) is 1.82. The van der Waals surface area contributed by atoms with E-state index in [2.05, 4.69) is 6.07 Å². The molecule has 1 aliphatic carbocycles. The molecule has 0 spiro atoms. The Kier molecular flexibility index (Phi) is 1.82. The van der Waals surface area contributed by atoms with E-state index < -0.39 is 0 Å². The maximum absolute atomic E-state index is 11.1. The minimum absolute atomic E-state index is 0.0961. The van der Waals surface area contributed by atoms with Gasteiger partial charge in [0, 0.05) is 0 Å². The summed E-state index contributed by atoms with van der Waals surface area (Å²) in [6, 6.07) is 9.80. The van der Waals surface area contributed by atoms with Gasteiger partial charge in [-0.05, 0) is 31.0 Å². The van der Waals surface area contributed by atoms with Gasteiger partial charge >= 0.3 is 5.97 Å². The largest absolute Gasteiger partial charge is 0.426 e. The van der Waals surface area contributed by atoms with Crippen LogP contribution in [0.3, 0.4) is 0 Å². The van der Waals surface area contributed by atoms with Crippen molar-refractivity contribution in [3.8, 4) is 5.75 Å². The number of carbonyl (C=O) groups is 1. The summed E-state index contributed by atoms with van der Waals surface area (Å²) in [6.45, 7) is 0. The highest BCUT2D eigenvalue weighted by Gasteiger charge is 2.31. The minimum Gasteiger partial charge on any atom is -0.426 e. The predicted molar refractivity (Wildman–Crippen MR) is 43.6 cm³/mol. The zero-order chi connectivity index (χ0) is 8.39. The molecule has 2 rings (SSSR count). The van der Waals surface area contributed by atoms with Crippen molar-refractivity contribution in [3.05, 3.63) is 30.3 Å². The molecule has 2 heteroatoms. The van der Waals surface area contributed by atoms with Crippen LogP contribution in [0.1, 0.15) is 12.8 Å². The molecule has 0 bridgehead atoms. The molecule has 0 heterocycles. The van der Waals surface area contributed by atoms with Crippen LogP contribution in [0.25, 0.3) is 0 Å². The van der Waals surface area contributed by atoms with Crippen LogP contribution in [0.2, 0.25) is 0 Å². The van der Waals surface area contributed by atoms with Crippen LogP contribution in [-0.4, -0.2) is 5.97 Å². The molecule has 0 amide bonds. The molecule has 1 fully saturated rings. The van der Waals surface area contributed by atoms with Gasteiger partial charge in [-0.15, -0.1) is 0 Å². The summed E-state index contributed by atoms with van der Waals surface area (Å²) in [6.07, 6.45) is 1.97. The Morgan fingerprint density at radius 1 is 1.42 bits per heavy atom. The van der Waals surface area contributed by atoms with E-state index in [9.17, 15) is 4.79 Å². The van der Waals surface area contributed by atoms with Gasteiger partial charge in [0.25, 0.3) is 0 Å². The first kappa shape index (κ1) is 7.35. The van der Waals surface area contributed by atoms with E-state index in [1.807, 2.05) is 0 Å². The Morgan fingerprint density at radius 3 is 2.67 bits per heavy atom. The highest BCUT2D eigenvalue weighted by molar-refractivity contribution is 5.77. The maximum Gasteiger partial charge on any atom is 0.314 e. The van der Waals surface area contributed by atoms with E-state index in [1.165, 1.54) is 0 Å². The van der Waals surface area contributed by atoms with E-state index in [-0.39, 0.29) is 11.9 Å². The monoisotopic (exact) mass is 161 g/mol. The molecule has 1 aromatic rings. The van der Waals surface area contributed by atoms with E-state index in [1.54, 1.807) is 24.3 Å². The van der Waals surface area contributed by atoms with Crippen molar-refractivity contribution >= 4 is 5.97 Å². The molecule has 61 valence electrons. The molecular weight excluding hydrogens is 152 g/mol. The molecule has 2 nitrogen and oxygen atoms in total. The number of rotatable bonds is 2. The van der Waals surface area contributed by atoms with Crippen LogP contribution in [0, 0.1) is 12.0 Å². The summed E-state index contributed by atoms with van der Waals surface area (Å²) in [5.41, 5.74) is 0. The molecule has 12 heavy (non-hydrogen) atoms. The second kappa shape index (κ2) is 2.97. The molecule has 1 aromatic carbocycles. The average Bonchev–Trinajstić information content (AvgIpc) is 2.88. The Balaban J connectivity index is 1.98. The first-order chi connectivity index (χ1) is 5.86. The molecule has 0 saturated heterocycles. The SMILES string of the molecule is O=C(Oc1cc[c]cc1)C1CC1. The van der Waals surface area contributed by atoms with Crippen molar-refractivity contribution in [2.45, 2.75) is 12.8 Å². The molecule has 0 unspecified atom stereocenters. The minimum atomic E-state index is -0.0961. The zero-order valence-electron chi connectivity index (χ0n) is 6.62. The van der Waals surface area contributed by atoms with Crippen molar-refractivity contribution in [2.24, 2.45) is 5.92 Å². The number of esters is 1. The van der Waals surface area contributed by atoms with Crippen LogP contribution in [0.15, 0.2) is 24.3 Å². The average molecular weight is 161 g/mol. The Bertz CT molecular complexity index is 275. The van der Waals surface area contributed by atoms with Gasteiger partial charge in [0.2, 0.25) is 0 Å². The lowest BCUT2D eigenvalue weighted by Gasteiger charge is -2.00. The van der Waals surface area contributed by atoms with Crippen LogP contribution < -0.4 is 4.74 Å². The smallest absolute Gasteiger partial charge is 0.314 e. The number of ether oxygens (including phenoxy) is 1. The summed E-state index contributed by atoms with van der Waals surface area (Å²) in [5, 5.41) is 0. The first-order valence-corrected chi connectivity index (χ1v) is 4.04. The maximum atomic E-state index is 11.1. The van der Waals surface area contributed by atoms with Gasteiger partial charge in [0.05, 0.1) is 5.92 Å². The quantitative estimate of drug-likeness (QED) is 0.488. The lowest BCUT2D eigenvalue weighted by Crippen LogP contribution is -2.09. The summed E-state index contributed by atoms with van der Waals surface area (Å²) >= 11 is 0. The fourth-order valence-electron chi connectivity index (χ4n) is 0.958. The fourth-order valence-corrected chi connectivity index (χ4v) is 0.958. The molecule has 0 aromatic heterocycles. The van der Waals surface area contributed by atoms with Crippen LogP contribution in [0.4, 0.5) is 0 Å². The van der Waals surface area contributed by atoms with E-state index in [0.717, 1.165) is 12.8 Å². The first-order valence-electron chi connectivity index (χ1n) is 4.04. The van der Waals surface area contributed by atoms with Crippen molar-refractivity contribution in [1.29, 1.82) is 0 Å². The molecule has 0 aliphatic heterocycles. The Morgan fingerprint density at radius 2 is 2.08 bits per heavy atom. The van der Waals surface area contributed by atoms with Crippen molar-refractivity contribution < 1.29 is 9.53 Å². The second-order valence-electron chi connectivity index (χ2n) is 2.93. The van der Waals surface area contributed by atoms with Crippen molar-refractivity contribution in [1.82, 2.24) is 0 Å². The highest BCUT2D eigenvalue weighted by Crippen LogP contribution is 2.30. The zero-order valence-corrected chi connectivity index (χ0v) is 6.62. The summed E-state index contributed by atoms with van der Waals surface area (Å²) in [7, 11) is 0. The topological polar surface area (TPSA) is 26.3 Å². The van der Waals surface area contributed by atoms with Crippen LogP contribution in [-0.2, 0) is 4.79 Å². The highest BCUT2D eigenvalue weighted by atomic mass is 16.5. The van der Waals surface area contributed by atoms with E-state index in [0.29, 0.717) is 5.75 Å². The lowest BCUT2D eigenvalue weighted by molar-refractivity contribution is -0.135. The molecule has 1 radical (unpaired) electrons. The third kappa shape index (κ3) is 1.64. The van der Waals surface area contributed by atoms with Crippen molar-refractivity contribution in [2.75, 3.05) is 0 Å². The lowest BCUT2D eigenvalue weighted by atomic mass is 10.3. The van der Waals surface area contributed by atoms with Gasteiger partial charge < -0.3 is 4.74 Å². The van der Waals surface area contributed by atoms with Gasteiger partial charge in [-0.2, -0.15) is 0 Å². The Hall–Kier alpha value is -1.31. The van der Waals surface area contributed by atoms with Crippen molar-refractivity contribution in [3.63, 3.8) is 0 Å². The van der Waals surface area contributed by atoms with Gasteiger partial charge in [-0.25, -0.2) is 0 Å². The second-order valence-corrected chi connectivity index (χ2v) is 2.93. The number of hydrogen-bond donors (Lipinski definition) is 0. The number of hydrogen-bond acceptors (Lipinski definition) is 2. The molecular formula is C10H9O2. The summed E-state index contributed by atoms with van der Waals surface area (Å²) in [4.78, 5) is 11.1. The standard InChI is InChI=1S/C10H9O2/c11-10(8-6-7-8)12-9-4-2-1-3-5-9/h2-5,8H,6-7H2. The van der Waals surface area contributed by atoms with Gasteiger partial charge in [0.1, 0.15) is 5.75 Å². The third-order valence-electron chi connectivity index (χ3n) is 1.82. The Labute approximate surface area is 71.2 Å².